The Labute approximate surface area is 94.7 Å². The van der Waals surface area contributed by atoms with Gasteiger partial charge in [0.05, 0.1) is 6.61 Å². The fourth-order valence-corrected chi connectivity index (χ4v) is 1.48. The summed E-state index contributed by atoms with van der Waals surface area (Å²) in [4.78, 5) is 10.7. The summed E-state index contributed by atoms with van der Waals surface area (Å²) in [5.74, 6) is 0.806. The van der Waals surface area contributed by atoms with E-state index < -0.39 is 0 Å². The third kappa shape index (κ3) is 2.70. The fourth-order valence-electron chi connectivity index (χ4n) is 1.48. The van der Waals surface area contributed by atoms with Crippen molar-refractivity contribution < 1.29 is 14.3 Å². The molecule has 2 rings (SSSR count). The maximum Gasteiger partial charge on any atom is 0.150 e. The molecule has 1 atom stereocenters. The zero-order valence-corrected chi connectivity index (χ0v) is 9.02. The maximum absolute atomic E-state index is 10.7. The average molecular weight is 218 g/mol. The highest BCUT2D eigenvalue weighted by atomic mass is 16.6. The lowest BCUT2D eigenvalue weighted by Crippen LogP contribution is -2.06. The van der Waals surface area contributed by atoms with Crippen LogP contribution in [0.2, 0.25) is 0 Å². The van der Waals surface area contributed by atoms with Crippen LogP contribution in [0.4, 0.5) is 0 Å². The topological polar surface area (TPSA) is 38.8 Å². The Bertz CT molecular complexity index is 394. The number of ether oxygens (including phenoxy) is 2. The molecule has 1 saturated heterocycles. The van der Waals surface area contributed by atoms with E-state index >= 15 is 0 Å². The summed E-state index contributed by atoms with van der Waals surface area (Å²) in [6, 6.07) is 5.41. The van der Waals surface area contributed by atoms with Crippen molar-refractivity contribution in [1.29, 1.82) is 0 Å². The number of allylic oxidation sites excluding steroid dienone is 1. The Balaban J connectivity index is 2.12. The third-order valence-electron chi connectivity index (χ3n) is 2.41. The van der Waals surface area contributed by atoms with Crippen molar-refractivity contribution in [2.45, 2.75) is 12.5 Å². The highest BCUT2D eigenvalue weighted by Gasteiger charge is 2.23. The summed E-state index contributed by atoms with van der Waals surface area (Å²) in [5.41, 5.74) is 1.65. The van der Waals surface area contributed by atoms with Crippen molar-refractivity contribution >= 4 is 6.29 Å². The lowest BCUT2D eigenvalue weighted by molar-refractivity contribution is 0.112. The van der Waals surface area contributed by atoms with Gasteiger partial charge in [0.15, 0.2) is 0 Å². The number of aldehydes is 1. The fraction of sp³-hybridized carbons (Fsp3) is 0.308. The Hall–Kier alpha value is -1.61. The molecule has 1 heterocycles. The van der Waals surface area contributed by atoms with Crippen LogP contribution in [0.15, 0.2) is 30.9 Å². The zero-order chi connectivity index (χ0) is 11.4. The summed E-state index contributed by atoms with van der Waals surface area (Å²) in [6.07, 6.45) is 3.56. The van der Waals surface area contributed by atoms with Gasteiger partial charge in [0.1, 0.15) is 24.7 Å². The van der Waals surface area contributed by atoms with Crippen molar-refractivity contribution in [2.75, 3.05) is 13.2 Å². The second-order valence-corrected chi connectivity index (χ2v) is 3.74. The number of rotatable bonds is 6. The highest BCUT2D eigenvalue weighted by molar-refractivity contribution is 5.75. The molecule has 1 aromatic rings. The lowest BCUT2D eigenvalue weighted by Gasteiger charge is -2.09. The van der Waals surface area contributed by atoms with Crippen molar-refractivity contribution in [3.63, 3.8) is 0 Å². The third-order valence-corrected chi connectivity index (χ3v) is 2.41. The van der Waals surface area contributed by atoms with Crippen molar-refractivity contribution in [3.05, 3.63) is 42.0 Å². The minimum atomic E-state index is 0.238. The molecule has 84 valence electrons. The molecule has 0 N–H and O–H groups in total. The predicted molar refractivity (Wildman–Crippen MR) is 61.0 cm³/mol. The van der Waals surface area contributed by atoms with Gasteiger partial charge >= 0.3 is 0 Å². The molecule has 1 aliphatic rings. The van der Waals surface area contributed by atoms with Crippen LogP contribution in [0.3, 0.4) is 0 Å². The molecule has 0 saturated carbocycles. The van der Waals surface area contributed by atoms with Gasteiger partial charge in [-0.05, 0) is 30.2 Å². The van der Waals surface area contributed by atoms with E-state index in [0.717, 1.165) is 24.2 Å². The first-order valence-electron chi connectivity index (χ1n) is 5.27. The van der Waals surface area contributed by atoms with Gasteiger partial charge in [0.2, 0.25) is 0 Å². The largest absolute Gasteiger partial charge is 0.490 e. The summed E-state index contributed by atoms with van der Waals surface area (Å²) < 4.78 is 10.7. The molecular formula is C13H14O3. The van der Waals surface area contributed by atoms with Gasteiger partial charge < -0.3 is 9.47 Å². The molecule has 3 heteroatoms. The van der Waals surface area contributed by atoms with E-state index in [1.54, 1.807) is 12.1 Å². The van der Waals surface area contributed by atoms with E-state index in [9.17, 15) is 4.79 Å². The van der Waals surface area contributed by atoms with Gasteiger partial charge in [0.25, 0.3) is 0 Å². The van der Waals surface area contributed by atoms with Gasteiger partial charge in [-0.1, -0.05) is 6.08 Å². The lowest BCUT2D eigenvalue weighted by atomic mass is 10.1. The van der Waals surface area contributed by atoms with E-state index in [0.29, 0.717) is 18.6 Å². The van der Waals surface area contributed by atoms with E-state index in [1.165, 1.54) is 0 Å². The quantitative estimate of drug-likeness (QED) is 0.416. The normalized spacial score (nSPS) is 17.9. The van der Waals surface area contributed by atoms with Gasteiger partial charge in [-0.25, -0.2) is 0 Å². The summed E-state index contributed by atoms with van der Waals surface area (Å²) >= 11 is 0. The molecule has 0 spiro atoms. The molecule has 0 aliphatic carbocycles. The number of benzene rings is 1. The second-order valence-electron chi connectivity index (χ2n) is 3.74. The Morgan fingerprint density at radius 2 is 2.38 bits per heavy atom. The molecule has 1 aromatic carbocycles. The monoisotopic (exact) mass is 218 g/mol. The average Bonchev–Trinajstić information content (AvgIpc) is 3.11. The van der Waals surface area contributed by atoms with Crippen LogP contribution >= 0.6 is 0 Å². The van der Waals surface area contributed by atoms with Crippen molar-refractivity contribution in [2.24, 2.45) is 0 Å². The molecule has 0 radical (unpaired) electrons. The van der Waals surface area contributed by atoms with Crippen LogP contribution in [0.5, 0.6) is 5.75 Å². The number of carbonyl (C=O) groups excluding carboxylic acids is 1. The van der Waals surface area contributed by atoms with E-state index in [2.05, 4.69) is 6.58 Å². The minimum Gasteiger partial charge on any atom is -0.490 e. The van der Waals surface area contributed by atoms with Gasteiger partial charge in [-0.2, -0.15) is 0 Å². The van der Waals surface area contributed by atoms with Crippen LogP contribution in [0.25, 0.3) is 0 Å². The first kappa shape index (κ1) is 10.9. The standard InChI is InChI=1S/C13H14O3/c1-2-3-11-6-10(7-14)4-5-13(11)16-9-12-8-15-12/h2,4-7,12H,1,3,8-9H2. The first-order chi connectivity index (χ1) is 7.83. The highest BCUT2D eigenvalue weighted by Crippen LogP contribution is 2.22. The van der Waals surface area contributed by atoms with Crippen molar-refractivity contribution in [1.82, 2.24) is 0 Å². The Kier molecular flexibility index (Phi) is 3.37. The van der Waals surface area contributed by atoms with E-state index in [4.69, 9.17) is 9.47 Å². The number of carbonyl (C=O) groups is 1. The number of hydrogen-bond donors (Lipinski definition) is 0. The molecule has 1 aliphatic heterocycles. The maximum atomic E-state index is 10.7. The zero-order valence-electron chi connectivity index (χ0n) is 9.02. The molecule has 0 aromatic heterocycles. The van der Waals surface area contributed by atoms with Gasteiger partial charge in [0, 0.05) is 5.56 Å². The molecule has 0 bridgehead atoms. The molecule has 1 unspecified atom stereocenters. The van der Waals surface area contributed by atoms with Crippen LogP contribution in [-0.2, 0) is 11.2 Å². The van der Waals surface area contributed by atoms with Crippen LogP contribution < -0.4 is 4.74 Å². The molecule has 1 fully saturated rings. The minimum absolute atomic E-state index is 0.238. The number of epoxide rings is 1. The predicted octanol–water partition coefficient (Wildman–Crippen LogP) is 2.01. The summed E-state index contributed by atoms with van der Waals surface area (Å²) in [5, 5.41) is 0. The summed E-state index contributed by atoms with van der Waals surface area (Å²) in [6.45, 7) is 5.05. The SMILES string of the molecule is C=CCc1cc(C=O)ccc1OCC1CO1. The molecule has 0 amide bonds. The van der Waals surface area contributed by atoms with Crippen LogP contribution in [-0.4, -0.2) is 25.6 Å². The molecule has 3 nitrogen and oxygen atoms in total. The van der Waals surface area contributed by atoms with Crippen molar-refractivity contribution in [3.8, 4) is 5.75 Å². The smallest absolute Gasteiger partial charge is 0.150 e. The van der Waals surface area contributed by atoms with Gasteiger partial charge in [-0.3, -0.25) is 4.79 Å². The van der Waals surface area contributed by atoms with Crippen LogP contribution in [0, 0.1) is 0 Å². The van der Waals surface area contributed by atoms with E-state index in [1.807, 2.05) is 12.1 Å². The van der Waals surface area contributed by atoms with E-state index in [-0.39, 0.29) is 6.10 Å². The number of hydrogen-bond acceptors (Lipinski definition) is 3. The molecule has 16 heavy (non-hydrogen) atoms. The summed E-state index contributed by atoms with van der Waals surface area (Å²) in [7, 11) is 0. The second kappa shape index (κ2) is 4.94. The van der Waals surface area contributed by atoms with Crippen LogP contribution in [0.1, 0.15) is 15.9 Å². The van der Waals surface area contributed by atoms with Gasteiger partial charge in [-0.15, -0.1) is 6.58 Å². The first-order valence-corrected chi connectivity index (χ1v) is 5.27. The Morgan fingerprint density at radius 1 is 1.56 bits per heavy atom. The Morgan fingerprint density at radius 3 is 3.00 bits per heavy atom. The molecular weight excluding hydrogens is 204 g/mol.